The molecule has 35 heavy (non-hydrogen) atoms. The molecule has 3 N–H and O–H groups in total. The summed E-state index contributed by atoms with van der Waals surface area (Å²) in [6.07, 6.45) is 2.21. The maximum atomic E-state index is 12.8. The molecule has 0 aliphatic carbocycles. The Morgan fingerprint density at radius 2 is 1.89 bits per heavy atom. The molecule has 0 unspecified atom stereocenters. The number of furan rings is 1. The number of thiocarbonyl (C=S) groups is 1. The fraction of sp³-hybridized carbons (Fsp3) is 0.120. The predicted molar refractivity (Wildman–Crippen MR) is 136 cm³/mol. The van der Waals surface area contributed by atoms with Crippen LogP contribution in [0.4, 0.5) is 0 Å². The molecule has 3 aromatic rings. The van der Waals surface area contributed by atoms with Gasteiger partial charge in [0.05, 0.1) is 4.91 Å². The third-order valence-corrected chi connectivity index (χ3v) is 6.54. The van der Waals surface area contributed by atoms with Crippen LogP contribution in [0.25, 0.3) is 17.4 Å². The van der Waals surface area contributed by atoms with Crippen LogP contribution in [-0.2, 0) is 16.0 Å². The molecule has 2 amide bonds. The largest absolute Gasteiger partial charge is 0.507 e. The van der Waals surface area contributed by atoms with Gasteiger partial charge in [-0.05, 0) is 36.2 Å². The molecule has 1 saturated heterocycles. The minimum atomic E-state index is -1.24. The number of hydrogen-bond donors (Lipinski definition) is 3. The van der Waals surface area contributed by atoms with Crippen LogP contribution >= 0.6 is 24.0 Å². The number of phenols is 1. The monoisotopic (exact) mass is 508 g/mol. The zero-order valence-corrected chi connectivity index (χ0v) is 19.9. The molecule has 1 aromatic heterocycles. The van der Waals surface area contributed by atoms with Gasteiger partial charge >= 0.3 is 5.97 Å². The van der Waals surface area contributed by atoms with Crippen molar-refractivity contribution in [2.75, 3.05) is 13.1 Å². The molecule has 8 nitrogen and oxygen atoms in total. The van der Waals surface area contributed by atoms with Crippen molar-refractivity contribution in [1.29, 1.82) is 0 Å². The van der Waals surface area contributed by atoms with E-state index in [2.05, 4.69) is 5.32 Å². The fourth-order valence-electron chi connectivity index (χ4n) is 3.41. The summed E-state index contributed by atoms with van der Waals surface area (Å²) >= 11 is 6.36. The third-order valence-electron chi connectivity index (χ3n) is 5.17. The predicted octanol–water partition coefficient (Wildman–Crippen LogP) is 3.91. The quantitative estimate of drug-likeness (QED) is 0.309. The second-order valence-electron chi connectivity index (χ2n) is 7.59. The number of hydrogen-bond acceptors (Lipinski definition) is 7. The van der Waals surface area contributed by atoms with Gasteiger partial charge in [0.2, 0.25) is 5.91 Å². The van der Waals surface area contributed by atoms with Gasteiger partial charge in [0.25, 0.3) is 5.91 Å². The number of thioether (sulfide) groups is 1. The number of carbonyl (C=O) groups excluding carboxylic acids is 2. The summed E-state index contributed by atoms with van der Waals surface area (Å²) in [6.45, 7) is 0.279. The van der Waals surface area contributed by atoms with Crippen LogP contribution in [-0.4, -0.2) is 50.3 Å². The first-order valence-corrected chi connectivity index (χ1v) is 11.8. The summed E-state index contributed by atoms with van der Waals surface area (Å²) in [4.78, 5) is 37.8. The lowest BCUT2D eigenvalue weighted by molar-refractivity contribution is -0.128. The van der Waals surface area contributed by atoms with Crippen molar-refractivity contribution >= 4 is 52.2 Å². The Morgan fingerprint density at radius 3 is 2.60 bits per heavy atom. The minimum absolute atomic E-state index is 0.171. The first-order chi connectivity index (χ1) is 16.8. The number of amides is 2. The summed E-state index contributed by atoms with van der Waals surface area (Å²) in [5, 5.41) is 21.7. The van der Waals surface area contributed by atoms with Crippen molar-refractivity contribution in [1.82, 2.24) is 10.2 Å². The zero-order chi connectivity index (χ0) is 24.9. The van der Waals surface area contributed by atoms with E-state index in [0.717, 1.165) is 17.3 Å². The van der Waals surface area contributed by atoms with Gasteiger partial charge in [-0.15, -0.1) is 0 Å². The summed E-state index contributed by atoms with van der Waals surface area (Å²) in [5.74, 6) is -1.55. The average molecular weight is 509 g/mol. The maximum absolute atomic E-state index is 12.8. The molecule has 2 heterocycles. The van der Waals surface area contributed by atoms with Gasteiger partial charge in [0, 0.05) is 18.2 Å². The summed E-state index contributed by atoms with van der Waals surface area (Å²) in [7, 11) is 0. The first kappa shape index (κ1) is 24.2. The summed E-state index contributed by atoms with van der Waals surface area (Å²) in [5.41, 5.74) is 1.37. The second-order valence-corrected chi connectivity index (χ2v) is 9.27. The topological polar surface area (TPSA) is 120 Å². The van der Waals surface area contributed by atoms with Crippen molar-refractivity contribution in [2.24, 2.45) is 0 Å². The highest BCUT2D eigenvalue weighted by Gasteiger charge is 2.33. The Kier molecular flexibility index (Phi) is 7.33. The lowest BCUT2D eigenvalue weighted by atomic mass is 10.1. The number of aromatic hydroxyl groups is 1. The molecule has 0 saturated carbocycles. The number of nitrogens with one attached hydrogen (secondary N) is 1. The van der Waals surface area contributed by atoms with Crippen LogP contribution in [0.1, 0.15) is 21.7 Å². The van der Waals surface area contributed by atoms with E-state index in [1.165, 1.54) is 29.2 Å². The number of benzene rings is 2. The molecule has 0 radical (unpaired) electrons. The average Bonchev–Trinajstić information content (AvgIpc) is 3.40. The van der Waals surface area contributed by atoms with Gasteiger partial charge in [0.15, 0.2) is 0 Å². The number of nitrogens with zero attached hydrogens (tertiary/aromatic N) is 1. The van der Waals surface area contributed by atoms with E-state index < -0.39 is 5.97 Å². The highest BCUT2D eigenvalue weighted by Crippen LogP contribution is 2.34. The molecule has 0 bridgehead atoms. The minimum Gasteiger partial charge on any atom is -0.507 e. The van der Waals surface area contributed by atoms with Crippen LogP contribution in [0, 0.1) is 0 Å². The highest BCUT2D eigenvalue weighted by molar-refractivity contribution is 8.26. The third kappa shape index (κ3) is 5.79. The van der Waals surface area contributed by atoms with Gasteiger partial charge < -0.3 is 19.9 Å². The SMILES string of the molecule is O=C(CN1C(=O)/C(=C/c2ccc(-c3ccc(C(=O)O)c(O)c3)o2)SC1=S)NCCc1ccccc1. The normalized spacial score (nSPS) is 14.5. The molecule has 4 rings (SSSR count). The molecular formula is C25H20N2O6S2. The summed E-state index contributed by atoms with van der Waals surface area (Å²) < 4.78 is 6.02. The van der Waals surface area contributed by atoms with E-state index in [4.69, 9.17) is 21.7 Å². The van der Waals surface area contributed by atoms with Crippen LogP contribution in [0.2, 0.25) is 0 Å². The smallest absolute Gasteiger partial charge is 0.339 e. The molecule has 1 aliphatic heterocycles. The molecule has 1 aliphatic rings. The van der Waals surface area contributed by atoms with E-state index >= 15 is 0 Å². The Hall–Kier alpha value is -3.89. The van der Waals surface area contributed by atoms with Crippen molar-refractivity contribution in [3.05, 3.63) is 82.5 Å². The first-order valence-electron chi connectivity index (χ1n) is 10.5. The second kappa shape index (κ2) is 10.6. The van der Waals surface area contributed by atoms with Gasteiger partial charge in [0.1, 0.15) is 33.7 Å². The van der Waals surface area contributed by atoms with Crippen LogP contribution < -0.4 is 5.32 Å². The maximum Gasteiger partial charge on any atom is 0.339 e. The van der Waals surface area contributed by atoms with Gasteiger partial charge in [-0.1, -0.05) is 60.4 Å². The Balaban J connectivity index is 1.38. The number of rotatable bonds is 8. The van der Waals surface area contributed by atoms with Crippen LogP contribution in [0.5, 0.6) is 5.75 Å². The van der Waals surface area contributed by atoms with Crippen molar-refractivity contribution < 1.29 is 29.0 Å². The molecule has 10 heteroatoms. The Bertz CT molecular complexity index is 1330. The Labute approximate surface area is 210 Å². The van der Waals surface area contributed by atoms with Crippen LogP contribution in [0.15, 0.2) is 70.0 Å². The molecule has 0 spiro atoms. The molecule has 178 valence electrons. The van der Waals surface area contributed by atoms with E-state index in [1.807, 2.05) is 30.3 Å². The number of carboxylic acids is 1. The van der Waals surface area contributed by atoms with Gasteiger partial charge in [-0.25, -0.2) is 4.79 Å². The van der Waals surface area contributed by atoms with Crippen molar-refractivity contribution in [2.45, 2.75) is 6.42 Å². The zero-order valence-electron chi connectivity index (χ0n) is 18.3. The Morgan fingerprint density at radius 1 is 1.11 bits per heavy atom. The van der Waals surface area contributed by atoms with E-state index in [1.54, 1.807) is 12.1 Å². The van der Waals surface area contributed by atoms with E-state index in [9.17, 15) is 19.5 Å². The summed E-state index contributed by atoms with van der Waals surface area (Å²) in [6, 6.07) is 17.1. The van der Waals surface area contributed by atoms with Crippen molar-refractivity contribution in [3.8, 4) is 17.1 Å². The van der Waals surface area contributed by atoms with E-state index in [-0.39, 0.29) is 34.0 Å². The van der Waals surface area contributed by atoms with Gasteiger partial charge in [-0.2, -0.15) is 0 Å². The standard InChI is InChI=1S/C25H20N2O6S2/c28-19-12-16(6-8-18(19)24(31)32)20-9-7-17(33-20)13-21-23(30)27(25(34)35-21)14-22(29)26-11-10-15-4-2-1-3-5-15/h1-9,12-13,28H,10-11,14H2,(H,26,29)(H,31,32)/b21-13-. The molecule has 1 fully saturated rings. The molecule has 2 aromatic carbocycles. The number of carboxylic acid groups (broad SMARTS) is 1. The molecule has 0 atom stereocenters. The van der Waals surface area contributed by atoms with Crippen molar-refractivity contribution in [3.63, 3.8) is 0 Å². The number of carbonyl (C=O) groups is 3. The lowest BCUT2D eigenvalue weighted by Crippen LogP contribution is -2.40. The fourth-order valence-corrected chi connectivity index (χ4v) is 4.64. The van der Waals surface area contributed by atoms with Gasteiger partial charge in [-0.3, -0.25) is 14.5 Å². The number of aromatic carboxylic acids is 1. The molecular weight excluding hydrogens is 488 g/mol. The van der Waals surface area contributed by atoms with E-state index in [0.29, 0.717) is 35.0 Å². The van der Waals surface area contributed by atoms with Crippen LogP contribution in [0.3, 0.4) is 0 Å². The highest BCUT2D eigenvalue weighted by atomic mass is 32.2. The lowest BCUT2D eigenvalue weighted by Gasteiger charge is -2.14.